The van der Waals surface area contributed by atoms with Crippen molar-refractivity contribution in [3.05, 3.63) is 11.6 Å². The molecule has 0 bridgehead atoms. The van der Waals surface area contributed by atoms with Gasteiger partial charge in [0.25, 0.3) is 0 Å². The second kappa shape index (κ2) is 7.35. The second-order valence-corrected chi connectivity index (χ2v) is 2.96. The van der Waals surface area contributed by atoms with Crippen molar-refractivity contribution in [1.29, 1.82) is 5.26 Å². The lowest BCUT2D eigenvalue weighted by molar-refractivity contribution is -0.136. The van der Waals surface area contributed by atoms with Gasteiger partial charge in [0.2, 0.25) is 0 Å². The number of nitriles is 1. The van der Waals surface area contributed by atoms with E-state index in [1.807, 2.05) is 6.07 Å². The molecule has 1 N–H and O–H groups in total. The van der Waals surface area contributed by atoms with Gasteiger partial charge in [-0.05, 0) is 18.4 Å². The molecule has 0 unspecified atom stereocenters. The first kappa shape index (κ1) is 11.7. The zero-order valence-electron chi connectivity index (χ0n) is 7.92. The van der Waals surface area contributed by atoms with Gasteiger partial charge in [-0.1, -0.05) is 19.8 Å². The minimum absolute atomic E-state index is 0.00270. The van der Waals surface area contributed by atoms with Crippen LogP contribution in [0, 0.1) is 11.3 Å². The first-order valence-electron chi connectivity index (χ1n) is 4.50. The van der Waals surface area contributed by atoms with Gasteiger partial charge in [0, 0.05) is 6.08 Å². The Kier molecular flexibility index (Phi) is 6.62. The maximum atomic E-state index is 10.4. The highest BCUT2D eigenvalue weighted by molar-refractivity contribution is 5.70. The zero-order valence-corrected chi connectivity index (χ0v) is 7.92. The molecule has 0 rings (SSSR count). The molecule has 0 spiro atoms. The van der Waals surface area contributed by atoms with Crippen molar-refractivity contribution in [3.63, 3.8) is 0 Å². The van der Waals surface area contributed by atoms with Gasteiger partial charge in [-0.3, -0.25) is 4.79 Å². The summed E-state index contributed by atoms with van der Waals surface area (Å²) in [6.07, 6.45) is 5.24. The molecule has 0 atom stereocenters. The fourth-order valence-corrected chi connectivity index (χ4v) is 1.10. The number of hydrogen-bond donors (Lipinski definition) is 1. The molecule has 0 aliphatic rings. The van der Waals surface area contributed by atoms with Gasteiger partial charge >= 0.3 is 5.97 Å². The summed E-state index contributed by atoms with van der Waals surface area (Å²) in [4.78, 5) is 10.4. The van der Waals surface area contributed by atoms with Crippen molar-refractivity contribution in [2.75, 3.05) is 0 Å². The molecule has 13 heavy (non-hydrogen) atoms. The molecule has 3 nitrogen and oxygen atoms in total. The third-order valence-electron chi connectivity index (χ3n) is 1.75. The van der Waals surface area contributed by atoms with Gasteiger partial charge in [-0.25, -0.2) is 0 Å². The standard InChI is InChI=1S/C10H15NO2/c1-2-3-4-5-9(6-7-11)8-10(12)13/h6H,2-5,8H2,1H3,(H,12,13)/b9-6+. The van der Waals surface area contributed by atoms with Crippen LogP contribution in [0.5, 0.6) is 0 Å². The van der Waals surface area contributed by atoms with Gasteiger partial charge in [0.1, 0.15) is 0 Å². The molecule has 0 heterocycles. The van der Waals surface area contributed by atoms with Crippen molar-refractivity contribution in [3.8, 4) is 6.07 Å². The van der Waals surface area contributed by atoms with Crippen molar-refractivity contribution < 1.29 is 9.90 Å². The molecule has 0 saturated carbocycles. The van der Waals surface area contributed by atoms with E-state index in [9.17, 15) is 4.79 Å². The van der Waals surface area contributed by atoms with E-state index in [0.29, 0.717) is 0 Å². The lowest BCUT2D eigenvalue weighted by atomic mass is 10.0. The second-order valence-electron chi connectivity index (χ2n) is 2.96. The molecule has 3 heteroatoms. The SMILES string of the molecule is CCCCC/C(=C\C#N)CC(=O)O. The van der Waals surface area contributed by atoms with E-state index in [1.165, 1.54) is 6.08 Å². The molecule has 0 aliphatic heterocycles. The summed E-state index contributed by atoms with van der Waals surface area (Å²) in [6, 6.07) is 1.87. The molecule has 0 aromatic heterocycles. The van der Waals surface area contributed by atoms with E-state index < -0.39 is 5.97 Å². The number of allylic oxidation sites excluding steroid dienone is 1. The number of carboxylic acid groups (broad SMARTS) is 1. The molecule has 0 saturated heterocycles. The molecular weight excluding hydrogens is 166 g/mol. The van der Waals surface area contributed by atoms with E-state index in [4.69, 9.17) is 10.4 Å². The normalized spacial score (nSPS) is 10.9. The number of nitrogens with zero attached hydrogens (tertiary/aromatic N) is 1. The van der Waals surface area contributed by atoms with Gasteiger partial charge in [0.15, 0.2) is 0 Å². The minimum Gasteiger partial charge on any atom is -0.481 e. The fraction of sp³-hybridized carbons (Fsp3) is 0.600. The van der Waals surface area contributed by atoms with Crippen LogP contribution in [-0.2, 0) is 4.79 Å². The summed E-state index contributed by atoms with van der Waals surface area (Å²) in [6.45, 7) is 2.09. The van der Waals surface area contributed by atoms with Crippen LogP contribution in [0.15, 0.2) is 11.6 Å². The monoisotopic (exact) mass is 181 g/mol. The highest BCUT2D eigenvalue weighted by Crippen LogP contribution is 2.12. The fourth-order valence-electron chi connectivity index (χ4n) is 1.10. The predicted molar refractivity (Wildman–Crippen MR) is 50.1 cm³/mol. The summed E-state index contributed by atoms with van der Waals surface area (Å²) in [7, 11) is 0. The van der Waals surface area contributed by atoms with Crippen LogP contribution in [-0.4, -0.2) is 11.1 Å². The summed E-state index contributed by atoms with van der Waals surface area (Å²) >= 11 is 0. The van der Waals surface area contributed by atoms with Crippen LogP contribution in [0.3, 0.4) is 0 Å². The van der Waals surface area contributed by atoms with E-state index in [1.54, 1.807) is 0 Å². The first-order valence-corrected chi connectivity index (χ1v) is 4.50. The molecule has 0 amide bonds. The van der Waals surface area contributed by atoms with E-state index >= 15 is 0 Å². The molecule has 0 aromatic carbocycles. The van der Waals surface area contributed by atoms with Crippen molar-refractivity contribution in [2.45, 2.75) is 39.0 Å². The van der Waals surface area contributed by atoms with Crippen LogP contribution in [0.25, 0.3) is 0 Å². The van der Waals surface area contributed by atoms with Crippen molar-refractivity contribution >= 4 is 5.97 Å². The first-order chi connectivity index (χ1) is 6.20. The van der Waals surface area contributed by atoms with Crippen molar-refractivity contribution in [1.82, 2.24) is 0 Å². The van der Waals surface area contributed by atoms with Gasteiger partial charge in [-0.2, -0.15) is 5.26 Å². The maximum Gasteiger partial charge on any atom is 0.307 e. The Morgan fingerprint density at radius 3 is 2.69 bits per heavy atom. The summed E-state index contributed by atoms with van der Waals surface area (Å²) in [5.74, 6) is -0.863. The Morgan fingerprint density at radius 1 is 1.54 bits per heavy atom. The predicted octanol–water partition coefficient (Wildman–Crippen LogP) is 2.49. The van der Waals surface area contributed by atoms with Gasteiger partial charge in [0.05, 0.1) is 12.5 Å². The molecule has 0 aromatic rings. The average molecular weight is 181 g/mol. The van der Waals surface area contributed by atoms with Gasteiger partial charge in [-0.15, -0.1) is 0 Å². The highest BCUT2D eigenvalue weighted by Gasteiger charge is 2.03. The van der Waals surface area contributed by atoms with Crippen LogP contribution >= 0.6 is 0 Å². The number of hydrogen-bond acceptors (Lipinski definition) is 2. The van der Waals surface area contributed by atoms with Crippen LogP contribution in [0.1, 0.15) is 39.0 Å². The number of rotatable bonds is 6. The smallest absolute Gasteiger partial charge is 0.307 e. The average Bonchev–Trinajstić information content (AvgIpc) is 2.04. The number of aliphatic carboxylic acids is 1. The molecule has 0 aliphatic carbocycles. The van der Waals surface area contributed by atoms with Crippen molar-refractivity contribution in [2.24, 2.45) is 0 Å². The lowest BCUT2D eigenvalue weighted by Crippen LogP contribution is -1.97. The highest BCUT2D eigenvalue weighted by atomic mass is 16.4. The van der Waals surface area contributed by atoms with Crippen LogP contribution < -0.4 is 0 Å². The number of carbonyl (C=O) groups is 1. The Balaban J connectivity index is 3.90. The zero-order chi connectivity index (χ0) is 10.1. The third-order valence-corrected chi connectivity index (χ3v) is 1.75. The largest absolute Gasteiger partial charge is 0.481 e. The summed E-state index contributed by atoms with van der Waals surface area (Å²) in [5, 5.41) is 16.9. The summed E-state index contributed by atoms with van der Waals surface area (Å²) in [5.41, 5.74) is 0.725. The number of carboxylic acids is 1. The Bertz CT molecular complexity index is 226. The molecule has 0 radical (unpaired) electrons. The van der Waals surface area contributed by atoms with E-state index in [0.717, 1.165) is 31.3 Å². The Hall–Kier alpha value is -1.30. The maximum absolute atomic E-state index is 10.4. The van der Waals surface area contributed by atoms with Crippen LogP contribution in [0.4, 0.5) is 0 Å². The molecule has 72 valence electrons. The lowest BCUT2D eigenvalue weighted by Gasteiger charge is -2.01. The Labute approximate surface area is 78.7 Å². The molecule has 0 fully saturated rings. The van der Waals surface area contributed by atoms with E-state index in [-0.39, 0.29) is 6.42 Å². The van der Waals surface area contributed by atoms with Gasteiger partial charge < -0.3 is 5.11 Å². The third kappa shape index (κ3) is 7.07. The number of unbranched alkanes of at least 4 members (excludes halogenated alkanes) is 2. The van der Waals surface area contributed by atoms with E-state index in [2.05, 4.69) is 6.92 Å². The minimum atomic E-state index is -0.863. The topological polar surface area (TPSA) is 61.1 Å². The Morgan fingerprint density at radius 2 is 2.23 bits per heavy atom. The van der Waals surface area contributed by atoms with Crippen LogP contribution in [0.2, 0.25) is 0 Å². The quantitative estimate of drug-likeness (QED) is 0.505. The summed E-state index contributed by atoms with van der Waals surface area (Å²) < 4.78 is 0. The molecular formula is C10H15NO2.